The standard InChI is InChI=1S/C19H26FN3O2/c1-2-3-8-23-14-15(13-18(23)24)19(25)22-11-9-21(10-12-22)17-6-4-16(20)5-7-17/h4-7,15H,2-3,8-14H2,1H3. The summed E-state index contributed by atoms with van der Waals surface area (Å²) in [5, 5.41) is 0. The second-order valence-corrected chi connectivity index (χ2v) is 6.88. The highest BCUT2D eigenvalue weighted by Gasteiger charge is 2.36. The minimum Gasteiger partial charge on any atom is -0.368 e. The first-order valence-electron chi connectivity index (χ1n) is 9.15. The Balaban J connectivity index is 1.52. The Labute approximate surface area is 148 Å². The fourth-order valence-corrected chi connectivity index (χ4v) is 3.60. The van der Waals surface area contributed by atoms with Gasteiger partial charge in [-0.05, 0) is 30.7 Å². The molecule has 0 aliphatic carbocycles. The monoisotopic (exact) mass is 347 g/mol. The Morgan fingerprint density at radius 2 is 1.84 bits per heavy atom. The zero-order valence-corrected chi connectivity index (χ0v) is 14.8. The third-order valence-corrected chi connectivity index (χ3v) is 5.13. The number of halogens is 1. The number of likely N-dealkylation sites (tertiary alicyclic amines) is 1. The van der Waals surface area contributed by atoms with Gasteiger partial charge in [0.15, 0.2) is 0 Å². The van der Waals surface area contributed by atoms with Crippen molar-refractivity contribution in [2.24, 2.45) is 5.92 Å². The fourth-order valence-electron chi connectivity index (χ4n) is 3.60. The average molecular weight is 347 g/mol. The van der Waals surface area contributed by atoms with E-state index in [0.29, 0.717) is 26.1 Å². The lowest BCUT2D eigenvalue weighted by Gasteiger charge is -2.37. The third kappa shape index (κ3) is 4.11. The first kappa shape index (κ1) is 17.7. The van der Waals surface area contributed by atoms with Crippen LogP contribution in [0.2, 0.25) is 0 Å². The Bertz CT molecular complexity index is 612. The zero-order valence-electron chi connectivity index (χ0n) is 14.8. The lowest BCUT2D eigenvalue weighted by Crippen LogP contribution is -2.50. The number of unbranched alkanes of at least 4 members (excludes halogenated alkanes) is 1. The quantitative estimate of drug-likeness (QED) is 0.820. The normalized spacial score (nSPS) is 21.1. The van der Waals surface area contributed by atoms with Crippen molar-refractivity contribution in [3.63, 3.8) is 0 Å². The molecule has 1 aromatic carbocycles. The van der Waals surface area contributed by atoms with E-state index in [9.17, 15) is 14.0 Å². The summed E-state index contributed by atoms with van der Waals surface area (Å²) in [6.07, 6.45) is 2.39. The number of piperazine rings is 1. The second kappa shape index (κ2) is 7.85. The van der Waals surface area contributed by atoms with Crippen LogP contribution >= 0.6 is 0 Å². The van der Waals surface area contributed by atoms with Crippen molar-refractivity contribution in [2.75, 3.05) is 44.2 Å². The molecule has 5 nitrogen and oxygen atoms in total. The van der Waals surface area contributed by atoms with Gasteiger partial charge in [-0.1, -0.05) is 13.3 Å². The van der Waals surface area contributed by atoms with Gasteiger partial charge in [-0.3, -0.25) is 9.59 Å². The molecular formula is C19H26FN3O2. The molecule has 0 aromatic heterocycles. The molecule has 0 bridgehead atoms. The molecule has 0 saturated carbocycles. The number of hydrogen-bond donors (Lipinski definition) is 0. The van der Waals surface area contributed by atoms with Crippen molar-refractivity contribution >= 4 is 17.5 Å². The Morgan fingerprint density at radius 3 is 2.48 bits per heavy atom. The highest BCUT2D eigenvalue weighted by molar-refractivity contribution is 5.89. The smallest absolute Gasteiger partial charge is 0.228 e. The summed E-state index contributed by atoms with van der Waals surface area (Å²) in [4.78, 5) is 30.7. The fraction of sp³-hybridized carbons (Fsp3) is 0.579. The number of hydrogen-bond acceptors (Lipinski definition) is 3. The molecule has 6 heteroatoms. The molecule has 0 spiro atoms. The van der Waals surface area contributed by atoms with Gasteiger partial charge in [-0.2, -0.15) is 0 Å². The summed E-state index contributed by atoms with van der Waals surface area (Å²) in [6.45, 7) is 6.19. The second-order valence-electron chi connectivity index (χ2n) is 6.88. The molecule has 2 fully saturated rings. The highest BCUT2D eigenvalue weighted by Crippen LogP contribution is 2.23. The van der Waals surface area contributed by atoms with E-state index in [1.54, 1.807) is 12.1 Å². The summed E-state index contributed by atoms with van der Waals surface area (Å²) in [5.41, 5.74) is 0.982. The van der Waals surface area contributed by atoms with E-state index in [0.717, 1.165) is 38.2 Å². The molecule has 2 heterocycles. The van der Waals surface area contributed by atoms with Crippen molar-refractivity contribution in [1.29, 1.82) is 0 Å². The number of amides is 2. The SMILES string of the molecule is CCCCN1CC(C(=O)N2CCN(c3ccc(F)cc3)CC2)CC1=O. The Hall–Kier alpha value is -2.11. The predicted molar refractivity (Wildman–Crippen MR) is 94.8 cm³/mol. The number of benzene rings is 1. The highest BCUT2D eigenvalue weighted by atomic mass is 19.1. The van der Waals surface area contributed by atoms with E-state index < -0.39 is 0 Å². The third-order valence-electron chi connectivity index (χ3n) is 5.13. The van der Waals surface area contributed by atoms with E-state index in [1.165, 1.54) is 12.1 Å². The van der Waals surface area contributed by atoms with Crippen LogP contribution in [0.5, 0.6) is 0 Å². The van der Waals surface area contributed by atoms with Gasteiger partial charge >= 0.3 is 0 Å². The number of anilines is 1. The minimum absolute atomic E-state index is 0.103. The largest absolute Gasteiger partial charge is 0.368 e. The Morgan fingerprint density at radius 1 is 1.16 bits per heavy atom. The van der Waals surface area contributed by atoms with Crippen molar-refractivity contribution in [3.05, 3.63) is 30.1 Å². The van der Waals surface area contributed by atoms with Crippen LogP contribution in [0.3, 0.4) is 0 Å². The van der Waals surface area contributed by atoms with Gasteiger partial charge in [-0.15, -0.1) is 0 Å². The van der Waals surface area contributed by atoms with Gasteiger partial charge in [-0.25, -0.2) is 4.39 Å². The molecule has 136 valence electrons. The molecule has 0 N–H and O–H groups in total. The van der Waals surface area contributed by atoms with Crippen LogP contribution in [0, 0.1) is 11.7 Å². The first-order valence-corrected chi connectivity index (χ1v) is 9.15. The number of carbonyl (C=O) groups excluding carboxylic acids is 2. The van der Waals surface area contributed by atoms with E-state index in [1.807, 2.05) is 9.80 Å². The molecule has 2 aliphatic rings. The molecule has 2 saturated heterocycles. The van der Waals surface area contributed by atoms with E-state index in [4.69, 9.17) is 0 Å². The Kier molecular flexibility index (Phi) is 5.56. The lowest BCUT2D eigenvalue weighted by atomic mass is 10.1. The van der Waals surface area contributed by atoms with Crippen molar-refractivity contribution in [1.82, 2.24) is 9.80 Å². The van der Waals surface area contributed by atoms with Gasteiger partial charge in [0, 0.05) is 51.4 Å². The predicted octanol–water partition coefficient (Wildman–Crippen LogP) is 2.12. The summed E-state index contributed by atoms with van der Waals surface area (Å²) >= 11 is 0. The van der Waals surface area contributed by atoms with Crippen LogP contribution in [0.15, 0.2) is 24.3 Å². The van der Waals surface area contributed by atoms with Gasteiger partial charge in [0.2, 0.25) is 11.8 Å². The summed E-state index contributed by atoms with van der Waals surface area (Å²) in [5.74, 6) is -0.222. The molecule has 2 amide bonds. The summed E-state index contributed by atoms with van der Waals surface area (Å²) < 4.78 is 13.0. The van der Waals surface area contributed by atoms with Gasteiger partial charge in [0.05, 0.1) is 5.92 Å². The average Bonchev–Trinajstić information content (AvgIpc) is 3.01. The minimum atomic E-state index is -0.240. The first-order chi connectivity index (χ1) is 12.1. The maximum atomic E-state index is 13.0. The van der Waals surface area contributed by atoms with Crippen molar-refractivity contribution in [2.45, 2.75) is 26.2 Å². The van der Waals surface area contributed by atoms with Crippen LogP contribution in [-0.2, 0) is 9.59 Å². The van der Waals surface area contributed by atoms with Crippen molar-refractivity contribution < 1.29 is 14.0 Å². The maximum absolute atomic E-state index is 13.0. The number of nitrogens with zero attached hydrogens (tertiary/aromatic N) is 3. The molecule has 1 unspecified atom stereocenters. The number of rotatable bonds is 5. The van der Waals surface area contributed by atoms with Crippen LogP contribution in [0.4, 0.5) is 10.1 Å². The molecule has 2 aliphatic heterocycles. The van der Waals surface area contributed by atoms with E-state index in [-0.39, 0.29) is 23.5 Å². The molecule has 1 aromatic rings. The molecular weight excluding hydrogens is 321 g/mol. The van der Waals surface area contributed by atoms with Crippen LogP contribution < -0.4 is 4.90 Å². The van der Waals surface area contributed by atoms with Gasteiger partial charge < -0.3 is 14.7 Å². The van der Waals surface area contributed by atoms with Crippen LogP contribution in [-0.4, -0.2) is 60.9 Å². The van der Waals surface area contributed by atoms with Gasteiger partial charge in [0.1, 0.15) is 5.82 Å². The lowest BCUT2D eigenvalue weighted by molar-refractivity contribution is -0.136. The molecule has 1 atom stereocenters. The van der Waals surface area contributed by atoms with Crippen molar-refractivity contribution in [3.8, 4) is 0 Å². The summed E-state index contributed by atoms with van der Waals surface area (Å²) in [7, 11) is 0. The molecule has 25 heavy (non-hydrogen) atoms. The number of carbonyl (C=O) groups is 2. The topological polar surface area (TPSA) is 43.9 Å². The maximum Gasteiger partial charge on any atom is 0.228 e. The molecule has 0 radical (unpaired) electrons. The van der Waals surface area contributed by atoms with Crippen LogP contribution in [0.1, 0.15) is 26.2 Å². The van der Waals surface area contributed by atoms with Crippen LogP contribution in [0.25, 0.3) is 0 Å². The van der Waals surface area contributed by atoms with E-state index >= 15 is 0 Å². The van der Waals surface area contributed by atoms with E-state index in [2.05, 4.69) is 11.8 Å². The molecule has 3 rings (SSSR count). The summed E-state index contributed by atoms with van der Waals surface area (Å²) in [6, 6.07) is 6.46. The van der Waals surface area contributed by atoms with Gasteiger partial charge in [0.25, 0.3) is 0 Å². The zero-order chi connectivity index (χ0) is 17.8.